The van der Waals surface area contributed by atoms with Crippen LogP contribution in [-0.4, -0.2) is 44.8 Å². The van der Waals surface area contributed by atoms with Crippen LogP contribution in [0.3, 0.4) is 0 Å². The molecule has 6 heteroatoms. The van der Waals surface area contributed by atoms with Gasteiger partial charge >= 0.3 is 5.97 Å². The van der Waals surface area contributed by atoms with E-state index >= 15 is 0 Å². The fraction of sp³-hybridized carbons (Fsp3) is 0.389. The number of carboxylic acids is 1. The largest absolute Gasteiger partial charge is 0.481 e. The Labute approximate surface area is 139 Å². The molecule has 2 heterocycles. The molecule has 1 N–H and O–H groups in total. The summed E-state index contributed by atoms with van der Waals surface area (Å²) in [6.07, 6.45) is 4.29. The molecule has 1 unspecified atom stereocenters. The van der Waals surface area contributed by atoms with Crippen molar-refractivity contribution in [3.05, 3.63) is 47.8 Å². The topological polar surface area (TPSA) is 75.4 Å². The number of carbonyl (C=O) groups excluding carboxylic acids is 1. The molecule has 2 aliphatic rings. The molecule has 1 aliphatic heterocycles. The zero-order valence-corrected chi connectivity index (χ0v) is 13.3. The molecule has 1 amide bonds. The van der Waals surface area contributed by atoms with Crippen LogP contribution < -0.4 is 0 Å². The van der Waals surface area contributed by atoms with Crippen molar-refractivity contribution < 1.29 is 14.7 Å². The molecule has 1 atom stereocenters. The van der Waals surface area contributed by atoms with Crippen LogP contribution in [0.4, 0.5) is 0 Å². The zero-order chi connectivity index (χ0) is 16.7. The number of rotatable bonds is 4. The lowest BCUT2D eigenvalue weighted by Gasteiger charge is -2.16. The van der Waals surface area contributed by atoms with Gasteiger partial charge in [-0.1, -0.05) is 18.2 Å². The van der Waals surface area contributed by atoms with E-state index in [0.717, 1.165) is 24.2 Å². The third kappa shape index (κ3) is 2.58. The number of nitrogens with zero attached hydrogens (tertiary/aromatic N) is 3. The summed E-state index contributed by atoms with van der Waals surface area (Å²) in [6.45, 7) is 0.783. The van der Waals surface area contributed by atoms with Crippen molar-refractivity contribution in [1.82, 2.24) is 14.7 Å². The van der Waals surface area contributed by atoms with Crippen LogP contribution in [0, 0.1) is 5.92 Å². The van der Waals surface area contributed by atoms with E-state index in [9.17, 15) is 9.59 Å². The lowest BCUT2D eigenvalue weighted by molar-refractivity contribution is -0.141. The maximum absolute atomic E-state index is 12.9. The maximum Gasteiger partial charge on any atom is 0.308 e. The summed E-state index contributed by atoms with van der Waals surface area (Å²) in [4.78, 5) is 25.7. The molecule has 2 aromatic rings. The fourth-order valence-electron chi connectivity index (χ4n) is 3.36. The molecule has 6 nitrogen and oxygen atoms in total. The number of aliphatic carboxylic acids is 1. The van der Waals surface area contributed by atoms with Crippen molar-refractivity contribution in [3.63, 3.8) is 0 Å². The normalized spacial score (nSPS) is 20.3. The maximum atomic E-state index is 12.9. The standard InChI is InChI=1S/C18H19N3O3/c22-17(20-9-8-13(11-20)18(23)24)15-10-19-21(16(15)12-6-7-12)14-4-2-1-3-5-14/h1-5,10,12-13H,6-9,11H2,(H,23,24). The number of hydrogen-bond acceptors (Lipinski definition) is 3. The van der Waals surface area contributed by atoms with Gasteiger partial charge in [0.05, 0.1) is 29.1 Å². The molecule has 1 saturated carbocycles. The third-order valence-electron chi connectivity index (χ3n) is 4.83. The van der Waals surface area contributed by atoms with E-state index in [2.05, 4.69) is 5.10 Å². The van der Waals surface area contributed by atoms with Crippen molar-refractivity contribution >= 4 is 11.9 Å². The van der Waals surface area contributed by atoms with Crippen LogP contribution in [0.15, 0.2) is 36.5 Å². The van der Waals surface area contributed by atoms with E-state index < -0.39 is 11.9 Å². The Bertz CT molecular complexity index is 780. The first-order chi connectivity index (χ1) is 11.6. The summed E-state index contributed by atoms with van der Waals surface area (Å²) < 4.78 is 1.86. The highest BCUT2D eigenvalue weighted by Crippen LogP contribution is 2.43. The molecule has 0 radical (unpaired) electrons. The Morgan fingerprint density at radius 2 is 1.88 bits per heavy atom. The average molecular weight is 325 g/mol. The highest BCUT2D eigenvalue weighted by atomic mass is 16.4. The first-order valence-electron chi connectivity index (χ1n) is 8.30. The monoisotopic (exact) mass is 325 g/mol. The zero-order valence-electron chi connectivity index (χ0n) is 13.3. The lowest BCUT2D eigenvalue weighted by Crippen LogP contribution is -2.30. The highest BCUT2D eigenvalue weighted by molar-refractivity contribution is 5.96. The van der Waals surface area contributed by atoms with Gasteiger partial charge in [0.1, 0.15) is 0 Å². The smallest absolute Gasteiger partial charge is 0.308 e. The summed E-state index contributed by atoms with van der Waals surface area (Å²) in [5, 5.41) is 13.6. The Morgan fingerprint density at radius 1 is 1.12 bits per heavy atom. The van der Waals surface area contributed by atoms with Crippen molar-refractivity contribution in [1.29, 1.82) is 0 Å². The van der Waals surface area contributed by atoms with Crippen molar-refractivity contribution in [2.45, 2.75) is 25.2 Å². The number of hydrogen-bond donors (Lipinski definition) is 1. The number of carbonyl (C=O) groups is 2. The lowest BCUT2D eigenvalue weighted by atomic mass is 10.1. The molecule has 0 bridgehead atoms. The number of amides is 1. The first-order valence-corrected chi connectivity index (χ1v) is 8.30. The molecule has 124 valence electrons. The molecular weight excluding hydrogens is 306 g/mol. The Hall–Kier alpha value is -2.63. The molecule has 4 rings (SSSR count). The summed E-state index contributed by atoms with van der Waals surface area (Å²) in [5.41, 5.74) is 2.53. The summed E-state index contributed by atoms with van der Waals surface area (Å²) in [5.74, 6) is -1.01. The van der Waals surface area contributed by atoms with E-state index in [1.165, 1.54) is 0 Å². The van der Waals surface area contributed by atoms with Gasteiger partial charge in [0.15, 0.2) is 0 Å². The van der Waals surface area contributed by atoms with E-state index in [1.807, 2.05) is 35.0 Å². The van der Waals surface area contributed by atoms with Crippen molar-refractivity contribution in [2.24, 2.45) is 5.92 Å². The molecule has 2 fully saturated rings. The van der Waals surface area contributed by atoms with Crippen LogP contribution >= 0.6 is 0 Å². The molecule has 1 aromatic heterocycles. The third-order valence-corrected chi connectivity index (χ3v) is 4.83. The highest BCUT2D eigenvalue weighted by Gasteiger charge is 2.37. The van der Waals surface area contributed by atoms with Gasteiger partial charge in [0.25, 0.3) is 5.91 Å². The number of likely N-dealkylation sites (tertiary alicyclic amines) is 1. The minimum absolute atomic E-state index is 0.0946. The Kier molecular flexibility index (Phi) is 3.59. The summed E-state index contributed by atoms with van der Waals surface area (Å²) >= 11 is 0. The van der Waals surface area contributed by atoms with Crippen LogP contribution in [0.5, 0.6) is 0 Å². The Balaban J connectivity index is 1.65. The number of para-hydroxylation sites is 1. The predicted octanol–water partition coefficient (Wildman–Crippen LogP) is 2.30. The molecule has 1 aliphatic carbocycles. The van der Waals surface area contributed by atoms with Crippen molar-refractivity contribution in [2.75, 3.05) is 13.1 Å². The summed E-state index contributed by atoms with van der Waals surface area (Å²) in [6, 6.07) is 9.80. The van der Waals surface area contributed by atoms with Gasteiger partial charge in [0, 0.05) is 19.0 Å². The van der Waals surface area contributed by atoms with E-state index in [0.29, 0.717) is 24.4 Å². The van der Waals surface area contributed by atoms with Gasteiger partial charge in [0.2, 0.25) is 0 Å². The first kappa shape index (κ1) is 14.9. The van der Waals surface area contributed by atoms with Crippen molar-refractivity contribution in [3.8, 4) is 5.69 Å². The van der Waals surface area contributed by atoms with Gasteiger partial charge in [-0.3, -0.25) is 9.59 Å². The van der Waals surface area contributed by atoms with Gasteiger partial charge in [-0.05, 0) is 31.4 Å². The number of aromatic nitrogens is 2. The minimum Gasteiger partial charge on any atom is -0.481 e. The molecule has 0 spiro atoms. The van der Waals surface area contributed by atoms with E-state index in [1.54, 1.807) is 11.1 Å². The second-order valence-corrected chi connectivity index (χ2v) is 6.54. The van der Waals surface area contributed by atoms with Gasteiger partial charge in [-0.15, -0.1) is 0 Å². The van der Waals surface area contributed by atoms with Gasteiger partial charge in [-0.2, -0.15) is 5.10 Å². The van der Waals surface area contributed by atoms with E-state index in [-0.39, 0.29) is 12.5 Å². The quantitative estimate of drug-likeness (QED) is 0.936. The SMILES string of the molecule is O=C(O)C1CCN(C(=O)c2cnn(-c3ccccc3)c2C2CC2)C1. The molecule has 24 heavy (non-hydrogen) atoms. The van der Waals surface area contributed by atoms with Crippen LogP contribution in [-0.2, 0) is 4.79 Å². The predicted molar refractivity (Wildman–Crippen MR) is 87.2 cm³/mol. The average Bonchev–Trinajstić information content (AvgIpc) is 3.14. The van der Waals surface area contributed by atoms with Crippen LogP contribution in [0.2, 0.25) is 0 Å². The van der Waals surface area contributed by atoms with Gasteiger partial charge in [-0.25, -0.2) is 4.68 Å². The molecular formula is C18H19N3O3. The molecule has 1 aromatic carbocycles. The Morgan fingerprint density at radius 3 is 2.50 bits per heavy atom. The van der Waals surface area contributed by atoms with Gasteiger partial charge < -0.3 is 10.0 Å². The van der Waals surface area contributed by atoms with E-state index in [4.69, 9.17) is 5.11 Å². The second kappa shape index (κ2) is 5.78. The fourth-order valence-corrected chi connectivity index (χ4v) is 3.36. The molecule has 1 saturated heterocycles. The van der Waals surface area contributed by atoms with Crippen LogP contribution in [0.25, 0.3) is 5.69 Å². The minimum atomic E-state index is -0.826. The second-order valence-electron chi connectivity index (χ2n) is 6.54. The number of benzene rings is 1. The van der Waals surface area contributed by atoms with Crippen LogP contribution in [0.1, 0.15) is 41.2 Å². The summed E-state index contributed by atoms with van der Waals surface area (Å²) in [7, 11) is 0. The number of carboxylic acid groups (broad SMARTS) is 1.